The van der Waals surface area contributed by atoms with E-state index in [4.69, 9.17) is 46.4 Å². The molecule has 4 aromatic rings. The molecule has 0 heterocycles. The summed E-state index contributed by atoms with van der Waals surface area (Å²) in [5.74, 6) is -54.1. The second-order valence-electron chi connectivity index (χ2n) is 12.0. The van der Waals surface area contributed by atoms with Crippen LogP contribution < -0.4 is 40.7 Å². The van der Waals surface area contributed by atoms with Crippen molar-refractivity contribution in [1.29, 1.82) is 0 Å². The molecule has 340 valence electrons. The Bertz CT molecular complexity index is 1800. The number of rotatable bonds is 14. The van der Waals surface area contributed by atoms with Gasteiger partial charge in [-0.15, -0.1) is 68.3 Å². The summed E-state index contributed by atoms with van der Waals surface area (Å²) >= 11 is 21.1. The molecule has 0 amide bonds. The van der Waals surface area contributed by atoms with Gasteiger partial charge in [0.25, 0.3) is 0 Å². The molecule has 0 saturated heterocycles. The third-order valence-corrected chi connectivity index (χ3v) is 9.87. The molecule has 4 nitrogen and oxygen atoms in total. The van der Waals surface area contributed by atoms with Crippen molar-refractivity contribution in [2.75, 3.05) is 54.9 Å². The van der Waals surface area contributed by atoms with E-state index in [1.807, 2.05) is 0 Å². The normalized spacial score (nSPS) is 11.2. The van der Waals surface area contributed by atoms with Gasteiger partial charge in [-0.1, -0.05) is 0 Å². The molecule has 4 aromatic carbocycles. The number of benzene rings is 4. The molecule has 26 heteroatoms. The van der Waals surface area contributed by atoms with Gasteiger partial charge in [0.05, 0.1) is 49.9 Å². The minimum Gasteiger partial charge on any atom is -0.382 e. The van der Waals surface area contributed by atoms with E-state index in [0.29, 0.717) is 26.4 Å². The van der Waals surface area contributed by atoms with Crippen LogP contribution in [-0.4, -0.2) is 61.0 Å². The molecule has 4 rings (SSSR count). The quantitative estimate of drug-likeness (QED) is 0.0527. The fourth-order valence-electron chi connectivity index (χ4n) is 5.97. The largest absolute Gasteiger partial charge is 1.00 e. The molecule has 0 radical (unpaired) electrons. The Hall–Kier alpha value is -2.58. The first-order chi connectivity index (χ1) is 28.7. The summed E-state index contributed by atoms with van der Waals surface area (Å²) in [6.45, 7) is 2.76. The van der Waals surface area contributed by atoms with E-state index in [-0.39, 0.29) is 18.9 Å². The van der Waals surface area contributed by atoms with E-state index < -0.39 is 167 Å². The molecular formula is C36H28BCl4F16LiO4. The molecule has 0 aliphatic carbocycles. The zero-order valence-electron chi connectivity index (χ0n) is 32.4. The van der Waals surface area contributed by atoms with Crippen molar-refractivity contribution in [3.63, 3.8) is 0 Å². The molecule has 0 unspecified atom stereocenters. The molecule has 0 aromatic heterocycles. The van der Waals surface area contributed by atoms with Crippen molar-refractivity contribution in [3.8, 4) is 0 Å². The molecule has 0 saturated carbocycles. The van der Waals surface area contributed by atoms with Gasteiger partial charge >= 0.3 is 18.9 Å². The SMILES string of the molecule is COCCOC.COCCOC.Fc1c(F)c([B-](c2c(F)c(F)c(CCl)c(F)c2F)(c2c(F)c(F)c(CCl)c(F)c2F)c2c(F)c(F)c(CCl)c(F)c2F)c(F)c(F)c1CCl.[Li+]. The Labute approximate surface area is 374 Å². The Balaban J connectivity index is 0.00000130. The predicted molar refractivity (Wildman–Crippen MR) is 195 cm³/mol. The van der Waals surface area contributed by atoms with Crippen LogP contribution in [0.15, 0.2) is 0 Å². The zero-order valence-corrected chi connectivity index (χ0v) is 35.5. The van der Waals surface area contributed by atoms with Gasteiger partial charge in [0.2, 0.25) is 0 Å². The Morgan fingerprint density at radius 2 is 0.419 bits per heavy atom. The first-order valence-electron chi connectivity index (χ1n) is 16.4. The molecule has 0 atom stereocenters. The van der Waals surface area contributed by atoms with Crippen LogP contribution in [0.2, 0.25) is 0 Å². The summed E-state index contributed by atoms with van der Waals surface area (Å²) in [7, 11) is 6.61. The summed E-state index contributed by atoms with van der Waals surface area (Å²) in [5.41, 5.74) is -19.8. The van der Waals surface area contributed by atoms with Gasteiger partial charge < -0.3 is 18.9 Å². The second kappa shape index (κ2) is 25.2. The number of alkyl halides is 4. The zero-order chi connectivity index (χ0) is 46.8. The molecule has 0 N–H and O–H groups in total. The number of hydrogen-bond donors (Lipinski definition) is 0. The van der Waals surface area contributed by atoms with Gasteiger partial charge in [-0.05, 0) is 0 Å². The van der Waals surface area contributed by atoms with E-state index >= 15 is 70.2 Å². The summed E-state index contributed by atoms with van der Waals surface area (Å²) < 4.78 is 270. The van der Waals surface area contributed by atoms with E-state index in [0.717, 1.165) is 0 Å². The first kappa shape index (κ1) is 57.4. The molecular weight excluding hydrogens is 960 g/mol. The van der Waals surface area contributed by atoms with Crippen LogP contribution in [0.1, 0.15) is 22.3 Å². The van der Waals surface area contributed by atoms with E-state index in [1.54, 1.807) is 28.4 Å². The van der Waals surface area contributed by atoms with Crippen molar-refractivity contribution in [1.82, 2.24) is 0 Å². The van der Waals surface area contributed by atoms with Crippen LogP contribution in [-0.2, 0) is 42.5 Å². The van der Waals surface area contributed by atoms with Crippen LogP contribution in [0.25, 0.3) is 0 Å². The smallest absolute Gasteiger partial charge is 0.382 e. The molecule has 0 aliphatic rings. The van der Waals surface area contributed by atoms with Crippen molar-refractivity contribution in [2.24, 2.45) is 0 Å². The average molecular weight is 988 g/mol. The van der Waals surface area contributed by atoms with Crippen LogP contribution >= 0.6 is 46.4 Å². The Kier molecular flexibility index (Phi) is 23.4. The molecule has 0 bridgehead atoms. The van der Waals surface area contributed by atoms with Crippen LogP contribution in [0.3, 0.4) is 0 Å². The van der Waals surface area contributed by atoms with Gasteiger partial charge in [0.1, 0.15) is 52.7 Å². The monoisotopic (exact) mass is 986 g/mol. The number of hydrogen-bond acceptors (Lipinski definition) is 4. The Morgan fingerprint density at radius 1 is 0.290 bits per heavy atom. The van der Waals surface area contributed by atoms with Gasteiger partial charge in [-0.2, -0.15) is 0 Å². The van der Waals surface area contributed by atoms with Gasteiger partial charge in [-0.25, -0.2) is 70.2 Å². The van der Waals surface area contributed by atoms with E-state index in [9.17, 15) is 0 Å². The maximum Gasteiger partial charge on any atom is 1.00 e. The third-order valence-electron chi connectivity index (χ3n) is 8.80. The maximum absolute atomic E-state index is 16.1. The summed E-state index contributed by atoms with van der Waals surface area (Å²) in [6.07, 6.45) is -6.75. The van der Waals surface area contributed by atoms with Gasteiger partial charge in [0.15, 0.2) is 46.5 Å². The Morgan fingerprint density at radius 3 is 0.516 bits per heavy atom. The average Bonchev–Trinajstić information content (AvgIpc) is 3.23. The second-order valence-corrected chi connectivity index (χ2v) is 13.0. The predicted octanol–water partition coefficient (Wildman–Crippen LogP) is 5.81. The van der Waals surface area contributed by atoms with Crippen LogP contribution in [0.5, 0.6) is 0 Å². The third kappa shape index (κ3) is 10.6. The van der Waals surface area contributed by atoms with E-state index in [2.05, 4.69) is 18.9 Å². The molecule has 62 heavy (non-hydrogen) atoms. The van der Waals surface area contributed by atoms with Crippen LogP contribution in [0.4, 0.5) is 70.2 Å². The first-order valence-corrected chi connectivity index (χ1v) is 18.6. The maximum atomic E-state index is 16.1. The number of halogens is 20. The fourth-order valence-corrected chi connectivity index (χ4v) is 6.90. The fraction of sp³-hybridized carbons (Fsp3) is 0.333. The van der Waals surface area contributed by atoms with Crippen molar-refractivity contribution in [3.05, 3.63) is 115 Å². The van der Waals surface area contributed by atoms with Gasteiger partial charge in [0, 0.05) is 50.7 Å². The minimum atomic E-state index is -6.75. The van der Waals surface area contributed by atoms with Gasteiger partial charge in [-0.3, -0.25) is 0 Å². The number of ether oxygens (including phenoxy) is 4. The van der Waals surface area contributed by atoms with Crippen molar-refractivity contribution in [2.45, 2.75) is 23.5 Å². The summed E-state index contributed by atoms with van der Waals surface area (Å²) in [6, 6.07) is 0. The number of methoxy groups -OCH3 is 4. The molecule has 0 spiro atoms. The molecule has 0 aliphatic heterocycles. The van der Waals surface area contributed by atoms with Crippen molar-refractivity contribution < 1.29 is 108 Å². The summed E-state index contributed by atoms with van der Waals surface area (Å²) in [5, 5.41) is 0. The van der Waals surface area contributed by atoms with Crippen LogP contribution in [0, 0.1) is 93.1 Å². The topological polar surface area (TPSA) is 36.9 Å². The molecule has 0 fully saturated rings. The van der Waals surface area contributed by atoms with E-state index in [1.165, 1.54) is 0 Å². The summed E-state index contributed by atoms with van der Waals surface area (Å²) in [4.78, 5) is 0. The van der Waals surface area contributed by atoms with Crippen molar-refractivity contribution >= 4 is 74.4 Å². The standard InChI is InChI=1S/C28H8BCl4F16.2C4H10O2.Li/c30-1-5-13(34)21(42)9(22(43)14(5)35)29(10-23(44)15(36)6(2-31)16(37)24(10)45,11-25(46)17(38)7(3-32)18(39)26(11)47)12-27(48)19(40)8(4-33)20(41)28(12)49;2*1-5-3-4-6-2;/h1-4H2;2*3-4H2,1-2H3;/q-1;;;+1. The minimum absolute atomic E-state index is 0.